The predicted molar refractivity (Wildman–Crippen MR) is 83.8 cm³/mol. The Labute approximate surface area is 112 Å². The largest absolute Gasteiger partial charge is 0.314 e. The Morgan fingerprint density at radius 3 is 1.88 bits per heavy atom. The summed E-state index contributed by atoms with van der Waals surface area (Å²) in [7, 11) is -0.564. The van der Waals surface area contributed by atoms with E-state index < -0.39 is 9.15 Å². The summed E-state index contributed by atoms with van der Waals surface area (Å²) in [6.07, 6.45) is 0. The number of thiol groups is 3. The highest BCUT2D eigenvalue weighted by molar-refractivity contribution is 9.08. The zero-order chi connectivity index (χ0) is 12.2. The van der Waals surface area contributed by atoms with E-state index in [0.717, 1.165) is 39.3 Å². The number of hydrogen-bond acceptors (Lipinski definition) is 6. The SMILES string of the molecule is CC(C)NCCNCCNCCN[SH](S)S. The third-order valence-electron chi connectivity index (χ3n) is 1.89. The summed E-state index contributed by atoms with van der Waals surface area (Å²) in [5.74, 6) is 0. The Morgan fingerprint density at radius 1 is 0.875 bits per heavy atom. The Bertz CT molecular complexity index is 131. The molecule has 4 nitrogen and oxygen atoms in total. The smallest absolute Gasteiger partial charge is 0.0181 e. The van der Waals surface area contributed by atoms with Crippen molar-refractivity contribution in [3.8, 4) is 0 Å². The first-order chi connectivity index (χ1) is 7.63. The van der Waals surface area contributed by atoms with Crippen LogP contribution < -0.4 is 20.7 Å². The highest BCUT2D eigenvalue weighted by Crippen LogP contribution is 2.28. The summed E-state index contributed by atoms with van der Waals surface area (Å²) in [6.45, 7) is 10.3. The molecule has 0 saturated carbocycles. The molecule has 0 unspecified atom stereocenters. The maximum atomic E-state index is 4.17. The number of hydrogen-bond donors (Lipinski definition) is 7. The Morgan fingerprint density at radius 2 is 1.38 bits per heavy atom. The first-order valence-electron chi connectivity index (χ1n) is 5.69. The number of nitrogens with one attached hydrogen (secondary N) is 4. The van der Waals surface area contributed by atoms with Crippen LogP contribution in [0, 0.1) is 0 Å². The standard InChI is InChI=1S/C9H26N4S3/c1-9(2)12-7-5-10-3-4-11-6-8-13-16(14)15/h9-16H,3-8H2,1-2H3. The van der Waals surface area contributed by atoms with Gasteiger partial charge >= 0.3 is 0 Å². The number of rotatable bonds is 11. The molecule has 0 bridgehead atoms. The maximum absolute atomic E-state index is 4.17. The van der Waals surface area contributed by atoms with Crippen LogP contribution in [0.1, 0.15) is 13.8 Å². The fraction of sp³-hybridized carbons (Fsp3) is 1.00. The second-order valence-electron chi connectivity index (χ2n) is 3.81. The minimum atomic E-state index is -0.564. The molecule has 0 aliphatic heterocycles. The average Bonchev–Trinajstić information content (AvgIpc) is 2.20. The van der Waals surface area contributed by atoms with Crippen molar-refractivity contribution >= 4 is 32.5 Å². The van der Waals surface area contributed by atoms with Crippen LogP contribution in [0.4, 0.5) is 0 Å². The van der Waals surface area contributed by atoms with E-state index in [1.54, 1.807) is 0 Å². The van der Waals surface area contributed by atoms with Crippen LogP contribution in [0.5, 0.6) is 0 Å². The molecular formula is C9H26N4S3. The molecule has 0 amide bonds. The van der Waals surface area contributed by atoms with Gasteiger partial charge in [0.1, 0.15) is 0 Å². The fourth-order valence-electron chi connectivity index (χ4n) is 1.12. The van der Waals surface area contributed by atoms with E-state index in [0.29, 0.717) is 6.04 Å². The molecular weight excluding hydrogens is 260 g/mol. The Balaban J connectivity index is 2.93. The van der Waals surface area contributed by atoms with Gasteiger partial charge in [0.2, 0.25) is 0 Å². The molecule has 0 atom stereocenters. The minimum Gasteiger partial charge on any atom is -0.314 e. The normalized spacial score (nSPS) is 12.2. The molecule has 0 aromatic heterocycles. The first-order valence-corrected chi connectivity index (χ1v) is 9.34. The van der Waals surface area contributed by atoms with Gasteiger partial charge in [-0.25, -0.2) is 0 Å². The Hall–Kier alpha value is 0.890. The van der Waals surface area contributed by atoms with Gasteiger partial charge in [-0.3, -0.25) is 4.72 Å². The van der Waals surface area contributed by atoms with Gasteiger partial charge in [0.05, 0.1) is 0 Å². The summed E-state index contributed by atoms with van der Waals surface area (Å²) in [4.78, 5) is 0. The molecule has 0 aromatic rings. The molecule has 0 aliphatic rings. The van der Waals surface area contributed by atoms with Crippen molar-refractivity contribution in [3.05, 3.63) is 0 Å². The molecule has 0 saturated heterocycles. The van der Waals surface area contributed by atoms with Crippen molar-refractivity contribution in [1.82, 2.24) is 20.7 Å². The topological polar surface area (TPSA) is 48.1 Å². The quantitative estimate of drug-likeness (QED) is 0.170. The lowest BCUT2D eigenvalue weighted by Gasteiger charge is -2.11. The lowest BCUT2D eigenvalue weighted by molar-refractivity contribution is 0.545. The summed E-state index contributed by atoms with van der Waals surface area (Å²) < 4.78 is 3.17. The van der Waals surface area contributed by atoms with E-state index >= 15 is 0 Å². The minimum absolute atomic E-state index is 0.564. The van der Waals surface area contributed by atoms with Gasteiger partial charge in [0, 0.05) is 45.3 Å². The maximum Gasteiger partial charge on any atom is 0.0181 e. The van der Waals surface area contributed by atoms with Crippen LogP contribution in [-0.4, -0.2) is 45.3 Å². The second-order valence-corrected chi connectivity index (χ2v) is 8.05. The molecule has 0 spiro atoms. The van der Waals surface area contributed by atoms with Gasteiger partial charge in [-0.05, 0) is 0 Å². The average molecular weight is 287 g/mol. The van der Waals surface area contributed by atoms with Crippen molar-refractivity contribution in [2.75, 3.05) is 39.3 Å². The fourth-order valence-corrected chi connectivity index (χ4v) is 2.03. The van der Waals surface area contributed by atoms with Crippen LogP contribution in [0.15, 0.2) is 0 Å². The van der Waals surface area contributed by atoms with Crippen molar-refractivity contribution in [1.29, 1.82) is 0 Å². The third kappa shape index (κ3) is 14.9. The third-order valence-corrected chi connectivity index (χ3v) is 3.24. The second kappa shape index (κ2) is 12.3. The van der Waals surface area contributed by atoms with E-state index in [1.165, 1.54) is 0 Å². The molecule has 0 aliphatic carbocycles. The summed E-state index contributed by atoms with van der Waals surface area (Å²) >= 11 is 8.33. The zero-order valence-corrected chi connectivity index (χ0v) is 12.8. The van der Waals surface area contributed by atoms with E-state index in [2.05, 4.69) is 57.8 Å². The molecule has 0 heterocycles. The van der Waals surface area contributed by atoms with Crippen molar-refractivity contribution in [2.24, 2.45) is 0 Å². The molecule has 16 heavy (non-hydrogen) atoms. The summed E-state index contributed by atoms with van der Waals surface area (Å²) in [5, 5.41) is 10.1. The first kappa shape index (κ1) is 16.9. The zero-order valence-electron chi connectivity index (χ0n) is 10.2. The van der Waals surface area contributed by atoms with Crippen molar-refractivity contribution < 1.29 is 0 Å². The molecule has 0 radical (unpaired) electrons. The van der Waals surface area contributed by atoms with Crippen molar-refractivity contribution in [2.45, 2.75) is 19.9 Å². The highest BCUT2D eigenvalue weighted by atomic mass is 33.5. The van der Waals surface area contributed by atoms with Crippen molar-refractivity contribution in [3.63, 3.8) is 0 Å². The Kier molecular flexibility index (Phi) is 13.0. The van der Waals surface area contributed by atoms with Crippen LogP contribution in [0.3, 0.4) is 0 Å². The lowest BCUT2D eigenvalue weighted by atomic mass is 10.4. The van der Waals surface area contributed by atoms with Crippen LogP contribution >= 0.6 is 32.5 Å². The van der Waals surface area contributed by atoms with Gasteiger partial charge in [-0.1, -0.05) is 13.8 Å². The molecule has 0 aromatic carbocycles. The molecule has 7 heteroatoms. The summed E-state index contributed by atoms with van der Waals surface area (Å²) in [6, 6.07) is 0.573. The van der Waals surface area contributed by atoms with Crippen LogP contribution in [0.2, 0.25) is 0 Å². The molecule has 0 fully saturated rings. The molecule has 4 N–H and O–H groups in total. The molecule has 100 valence electrons. The van der Waals surface area contributed by atoms with E-state index in [9.17, 15) is 0 Å². The monoisotopic (exact) mass is 286 g/mol. The lowest BCUT2D eigenvalue weighted by Crippen LogP contribution is -2.36. The van der Waals surface area contributed by atoms with E-state index in [1.807, 2.05) is 0 Å². The van der Waals surface area contributed by atoms with E-state index in [-0.39, 0.29) is 0 Å². The van der Waals surface area contributed by atoms with Gasteiger partial charge in [0.25, 0.3) is 0 Å². The van der Waals surface area contributed by atoms with Gasteiger partial charge in [-0.15, -0.1) is 32.5 Å². The van der Waals surface area contributed by atoms with Crippen LogP contribution in [0.25, 0.3) is 0 Å². The van der Waals surface area contributed by atoms with Crippen LogP contribution in [-0.2, 0) is 0 Å². The predicted octanol–water partition coefficient (Wildman–Crippen LogP) is 0.359. The highest BCUT2D eigenvalue weighted by Gasteiger charge is 1.92. The summed E-state index contributed by atoms with van der Waals surface area (Å²) in [5.41, 5.74) is 0. The van der Waals surface area contributed by atoms with Gasteiger partial charge in [-0.2, -0.15) is 0 Å². The van der Waals surface area contributed by atoms with Gasteiger partial charge < -0.3 is 16.0 Å². The molecule has 0 rings (SSSR count). The van der Waals surface area contributed by atoms with Gasteiger partial charge in [0.15, 0.2) is 0 Å². The van der Waals surface area contributed by atoms with E-state index in [4.69, 9.17) is 0 Å².